The van der Waals surface area contributed by atoms with Crippen molar-refractivity contribution in [3.8, 4) is 0 Å². The van der Waals surface area contributed by atoms with E-state index in [1.54, 1.807) is 0 Å². The Balaban J connectivity index is 1.63. The Morgan fingerprint density at radius 3 is 2.95 bits per heavy atom. The van der Waals surface area contributed by atoms with Crippen molar-refractivity contribution in [2.75, 3.05) is 6.61 Å². The summed E-state index contributed by atoms with van der Waals surface area (Å²) in [6, 6.07) is 0.629. The monoisotopic (exact) mass is 367 g/mol. The molecule has 3 heterocycles. The highest BCUT2D eigenvalue weighted by Crippen LogP contribution is 2.28. The molecule has 3 atom stereocenters. The molecule has 1 saturated heterocycles. The molecular weight excluding hydrogens is 346 g/mol. The van der Waals surface area contributed by atoms with E-state index in [1.165, 1.54) is 0 Å². The summed E-state index contributed by atoms with van der Waals surface area (Å²) in [5.74, 6) is 0. The highest BCUT2D eigenvalue weighted by molar-refractivity contribution is 9.10. The van der Waals surface area contributed by atoms with E-state index in [1.807, 2.05) is 41.2 Å². The maximum atomic E-state index is 6.00. The van der Waals surface area contributed by atoms with Crippen LogP contribution in [-0.4, -0.2) is 38.3 Å². The van der Waals surface area contributed by atoms with Crippen LogP contribution < -0.4 is 5.32 Å². The van der Waals surface area contributed by atoms with E-state index in [0.717, 1.165) is 36.0 Å². The molecule has 1 aliphatic heterocycles. The molecular formula is C15H22BrN5O. The fraction of sp³-hybridized carbons (Fsp3) is 0.600. The van der Waals surface area contributed by atoms with E-state index in [9.17, 15) is 0 Å². The van der Waals surface area contributed by atoms with Crippen LogP contribution in [-0.2, 0) is 18.3 Å². The molecule has 0 bridgehead atoms. The summed E-state index contributed by atoms with van der Waals surface area (Å²) in [6.45, 7) is 3.84. The Bertz CT molecular complexity index is 611. The summed E-state index contributed by atoms with van der Waals surface area (Å²) in [7, 11) is 1.94. The van der Waals surface area contributed by atoms with E-state index in [4.69, 9.17) is 4.74 Å². The van der Waals surface area contributed by atoms with Gasteiger partial charge in [-0.15, -0.1) is 0 Å². The van der Waals surface area contributed by atoms with Crippen LogP contribution in [0.1, 0.15) is 31.4 Å². The largest absolute Gasteiger partial charge is 0.372 e. The molecule has 6 nitrogen and oxygen atoms in total. The van der Waals surface area contributed by atoms with Crippen LogP contribution in [0.15, 0.2) is 29.3 Å². The molecule has 0 aromatic carbocycles. The lowest BCUT2D eigenvalue weighted by molar-refractivity contribution is -0.0139. The second kappa shape index (κ2) is 6.93. The molecule has 0 spiro atoms. The average molecular weight is 368 g/mol. The molecule has 3 rings (SSSR count). The van der Waals surface area contributed by atoms with Gasteiger partial charge in [-0.25, -0.2) is 0 Å². The molecule has 2 aromatic heterocycles. The number of nitrogens with zero attached hydrogens (tertiary/aromatic N) is 4. The SMILES string of the molecule is C[C@H](Cn1cc(Br)cn1)N[C@H]1CCCO[C@@H]1c1cnn(C)c1. The zero-order valence-corrected chi connectivity index (χ0v) is 14.5. The highest BCUT2D eigenvalue weighted by atomic mass is 79.9. The summed E-state index contributed by atoms with van der Waals surface area (Å²) >= 11 is 3.43. The van der Waals surface area contributed by atoms with E-state index in [0.29, 0.717) is 12.1 Å². The first kappa shape index (κ1) is 15.7. The number of nitrogens with one attached hydrogen (secondary N) is 1. The van der Waals surface area contributed by atoms with Gasteiger partial charge in [0.1, 0.15) is 6.10 Å². The minimum Gasteiger partial charge on any atom is -0.372 e. The van der Waals surface area contributed by atoms with Crippen molar-refractivity contribution >= 4 is 15.9 Å². The standard InChI is InChI=1S/C15H22BrN5O/c1-11(8-21-10-13(16)7-18-21)19-14-4-3-5-22-15(14)12-6-17-20(2)9-12/h6-7,9-11,14-15,19H,3-5,8H2,1-2H3/t11-,14+,15-/m1/s1. The van der Waals surface area contributed by atoms with Gasteiger partial charge in [-0.3, -0.25) is 9.36 Å². The predicted molar refractivity (Wildman–Crippen MR) is 87.4 cm³/mol. The van der Waals surface area contributed by atoms with Gasteiger partial charge >= 0.3 is 0 Å². The molecule has 0 aliphatic carbocycles. The number of aromatic nitrogens is 4. The second-order valence-corrected chi connectivity index (χ2v) is 6.85. The number of ether oxygens (including phenoxy) is 1. The Morgan fingerprint density at radius 1 is 1.41 bits per heavy atom. The van der Waals surface area contributed by atoms with Crippen LogP contribution >= 0.6 is 15.9 Å². The molecule has 22 heavy (non-hydrogen) atoms. The topological polar surface area (TPSA) is 56.9 Å². The third kappa shape index (κ3) is 3.77. The van der Waals surface area contributed by atoms with Gasteiger partial charge in [-0.05, 0) is 35.7 Å². The maximum Gasteiger partial charge on any atom is 0.101 e. The van der Waals surface area contributed by atoms with Gasteiger partial charge in [0, 0.05) is 43.7 Å². The molecule has 2 aromatic rings. The van der Waals surface area contributed by atoms with Gasteiger partial charge in [-0.1, -0.05) is 0 Å². The molecule has 1 aliphatic rings. The van der Waals surface area contributed by atoms with E-state index in [2.05, 4.69) is 38.4 Å². The molecule has 1 N–H and O–H groups in total. The summed E-state index contributed by atoms with van der Waals surface area (Å²) in [5, 5.41) is 12.3. The Morgan fingerprint density at radius 2 is 2.27 bits per heavy atom. The Kier molecular flexibility index (Phi) is 4.95. The first-order valence-electron chi connectivity index (χ1n) is 7.66. The van der Waals surface area contributed by atoms with E-state index < -0.39 is 0 Å². The summed E-state index contributed by atoms with van der Waals surface area (Å²) in [4.78, 5) is 0. The van der Waals surface area contributed by atoms with Crippen LogP contribution in [0, 0.1) is 0 Å². The van der Waals surface area contributed by atoms with Gasteiger partial charge in [0.15, 0.2) is 0 Å². The van der Waals surface area contributed by atoms with Crippen LogP contribution in [0.4, 0.5) is 0 Å². The van der Waals surface area contributed by atoms with Gasteiger partial charge in [0.2, 0.25) is 0 Å². The summed E-state index contributed by atoms with van der Waals surface area (Å²) < 4.78 is 10.8. The Hall–Kier alpha value is -1.18. The van der Waals surface area contributed by atoms with Gasteiger partial charge in [0.05, 0.1) is 23.4 Å². The second-order valence-electron chi connectivity index (χ2n) is 5.94. The minimum absolute atomic E-state index is 0.0780. The quantitative estimate of drug-likeness (QED) is 0.880. The number of hydrogen-bond donors (Lipinski definition) is 1. The van der Waals surface area contributed by atoms with Gasteiger partial charge < -0.3 is 10.1 Å². The third-order valence-electron chi connectivity index (χ3n) is 3.94. The lowest BCUT2D eigenvalue weighted by atomic mass is 9.97. The number of aryl methyl sites for hydroxylation is 1. The zero-order chi connectivity index (χ0) is 15.5. The normalized spacial score (nSPS) is 23.6. The number of halogens is 1. The van der Waals surface area contributed by atoms with Crippen molar-refractivity contribution in [3.63, 3.8) is 0 Å². The zero-order valence-electron chi connectivity index (χ0n) is 12.9. The van der Waals surface area contributed by atoms with Crippen LogP contribution in [0.5, 0.6) is 0 Å². The average Bonchev–Trinajstić information content (AvgIpc) is 3.08. The summed E-state index contributed by atoms with van der Waals surface area (Å²) in [6.07, 6.45) is 10.0. The minimum atomic E-state index is 0.0780. The third-order valence-corrected chi connectivity index (χ3v) is 4.35. The first-order chi connectivity index (χ1) is 10.6. The van der Waals surface area contributed by atoms with Crippen molar-refractivity contribution in [1.82, 2.24) is 24.9 Å². The van der Waals surface area contributed by atoms with Crippen molar-refractivity contribution < 1.29 is 4.74 Å². The molecule has 1 fully saturated rings. The first-order valence-corrected chi connectivity index (χ1v) is 8.45. The molecule has 0 amide bonds. The van der Waals surface area contributed by atoms with E-state index in [-0.39, 0.29) is 6.10 Å². The van der Waals surface area contributed by atoms with E-state index >= 15 is 0 Å². The molecule has 0 saturated carbocycles. The fourth-order valence-corrected chi connectivity index (χ4v) is 3.33. The Labute approximate surface area is 139 Å². The van der Waals surface area contributed by atoms with Crippen LogP contribution in [0.25, 0.3) is 0 Å². The molecule has 0 radical (unpaired) electrons. The van der Waals surface area contributed by atoms with Gasteiger partial charge in [0.25, 0.3) is 0 Å². The lowest BCUT2D eigenvalue weighted by Crippen LogP contribution is -2.45. The van der Waals surface area contributed by atoms with Crippen molar-refractivity contribution in [3.05, 3.63) is 34.8 Å². The van der Waals surface area contributed by atoms with Crippen LogP contribution in [0.2, 0.25) is 0 Å². The highest BCUT2D eigenvalue weighted by Gasteiger charge is 2.29. The molecule has 120 valence electrons. The van der Waals surface area contributed by atoms with Crippen LogP contribution in [0.3, 0.4) is 0 Å². The van der Waals surface area contributed by atoms with Crippen molar-refractivity contribution in [1.29, 1.82) is 0 Å². The fourth-order valence-electron chi connectivity index (χ4n) is 3.00. The van der Waals surface area contributed by atoms with Crippen molar-refractivity contribution in [2.45, 2.75) is 44.5 Å². The number of hydrogen-bond acceptors (Lipinski definition) is 4. The smallest absolute Gasteiger partial charge is 0.101 e. The van der Waals surface area contributed by atoms with Gasteiger partial charge in [-0.2, -0.15) is 10.2 Å². The molecule has 0 unspecified atom stereocenters. The predicted octanol–water partition coefficient (Wildman–Crippen LogP) is 2.28. The molecule has 7 heteroatoms. The number of rotatable bonds is 5. The summed E-state index contributed by atoms with van der Waals surface area (Å²) in [5.41, 5.74) is 1.15. The maximum absolute atomic E-state index is 6.00. The lowest BCUT2D eigenvalue weighted by Gasteiger charge is -2.34. The van der Waals surface area contributed by atoms with Crippen molar-refractivity contribution in [2.24, 2.45) is 7.05 Å².